The van der Waals surface area contributed by atoms with Crippen molar-refractivity contribution in [2.75, 3.05) is 5.32 Å². The van der Waals surface area contributed by atoms with Gasteiger partial charge >= 0.3 is 12.1 Å². The molecular weight excluding hydrogens is 392 g/mol. The van der Waals surface area contributed by atoms with Crippen LogP contribution >= 0.6 is 0 Å². The van der Waals surface area contributed by atoms with Crippen LogP contribution in [0.5, 0.6) is 0 Å². The minimum absolute atomic E-state index is 0.144. The highest BCUT2D eigenvalue weighted by molar-refractivity contribution is 5.95. The van der Waals surface area contributed by atoms with Crippen molar-refractivity contribution in [1.82, 2.24) is 9.88 Å². The summed E-state index contributed by atoms with van der Waals surface area (Å²) in [5.41, 5.74) is 10.4. The predicted octanol–water partition coefficient (Wildman–Crippen LogP) is 5.33. The Morgan fingerprint density at radius 2 is 1.74 bits per heavy atom. The third kappa shape index (κ3) is 5.96. The van der Waals surface area contributed by atoms with Crippen molar-refractivity contribution in [3.05, 3.63) is 46.8 Å². The number of rotatable bonds is 6. The second-order valence-corrected chi connectivity index (χ2v) is 9.37. The van der Waals surface area contributed by atoms with E-state index in [1.165, 1.54) is 4.90 Å². The quantitative estimate of drug-likeness (QED) is 0.580. The largest absolute Gasteiger partial charge is 0.465 e. The molecule has 168 valence electrons. The molecular formula is C24H34N4O3. The van der Waals surface area contributed by atoms with Crippen LogP contribution in [-0.4, -0.2) is 32.7 Å². The maximum absolute atomic E-state index is 12.1. The molecule has 0 spiro atoms. The third-order valence-electron chi connectivity index (χ3n) is 5.11. The van der Waals surface area contributed by atoms with E-state index < -0.39 is 17.7 Å². The second kappa shape index (κ2) is 9.37. The number of hydrogen-bond acceptors (Lipinski definition) is 3. The number of aryl methyl sites for hydroxylation is 2. The number of pyridine rings is 1. The smallest absolute Gasteiger partial charge is 0.408 e. The number of carbonyl (C=O) groups is 2. The maximum Gasteiger partial charge on any atom is 0.408 e. The van der Waals surface area contributed by atoms with Crippen LogP contribution in [0.2, 0.25) is 0 Å². The van der Waals surface area contributed by atoms with E-state index in [1.54, 1.807) is 0 Å². The molecule has 0 atom stereocenters. The van der Waals surface area contributed by atoms with Crippen molar-refractivity contribution in [3.8, 4) is 11.1 Å². The number of aromatic nitrogens is 1. The summed E-state index contributed by atoms with van der Waals surface area (Å²) in [6.07, 6.45) is -0.327. The first-order chi connectivity index (χ1) is 14.3. The van der Waals surface area contributed by atoms with Crippen LogP contribution < -0.4 is 11.1 Å². The number of nitrogens with one attached hydrogen (secondary N) is 1. The summed E-state index contributed by atoms with van der Waals surface area (Å²) in [7, 11) is 0. The van der Waals surface area contributed by atoms with Gasteiger partial charge in [-0.25, -0.2) is 9.59 Å². The fourth-order valence-electron chi connectivity index (χ4n) is 3.59. The van der Waals surface area contributed by atoms with Crippen LogP contribution in [0.4, 0.5) is 15.3 Å². The molecule has 2 aromatic rings. The Labute approximate surface area is 184 Å². The van der Waals surface area contributed by atoms with E-state index in [0.717, 1.165) is 27.9 Å². The molecule has 1 aromatic heterocycles. The minimum atomic E-state index is -1.01. The van der Waals surface area contributed by atoms with Crippen molar-refractivity contribution in [2.24, 2.45) is 11.7 Å². The monoisotopic (exact) mass is 426 g/mol. The van der Waals surface area contributed by atoms with Crippen molar-refractivity contribution < 1.29 is 14.7 Å². The van der Waals surface area contributed by atoms with Crippen molar-refractivity contribution in [3.63, 3.8) is 0 Å². The number of hydrogen-bond donors (Lipinski definition) is 3. The molecule has 0 bridgehead atoms. The lowest BCUT2D eigenvalue weighted by Crippen LogP contribution is -2.44. The van der Waals surface area contributed by atoms with Crippen molar-refractivity contribution in [2.45, 2.75) is 67.0 Å². The Kier molecular flexibility index (Phi) is 7.31. The molecule has 31 heavy (non-hydrogen) atoms. The Morgan fingerprint density at radius 3 is 2.19 bits per heavy atom. The molecule has 2 rings (SSSR count). The fraction of sp³-hybridized carbons (Fsp3) is 0.458. The van der Waals surface area contributed by atoms with Gasteiger partial charge in [0.1, 0.15) is 0 Å². The van der Waals surface area contributed by atoms with Crippen LogP contribution in [0.1, 0.15) is 57.1 Å². The lowest BCUT2D eigenvalue weighted by molar-refractivity contribution is 0.0954. The molecule has 0 radical (unpaired) electrons. The number of anilines is 1. The fourth-order valence-corrected chi connectivity index (χ4v) is 3.59. The first-order valence-electron chi connectivity index (χ1n) is 10.5. The van der Waals surface area contributed by atoms with Gasteiger partial charge in [0.05, 0.1) is 17.9 Å². The number of nitrogens with two attached hydrogens (primary N) is 1. The van der Waals surface area contributed by atoms with Gasteiger partial charge in [0, 0.05) is 22.4 Å². The van der Waals surface area contributed by atoms with E-state index in [9.17, 15) is 14.7 Å². The van der Waals surface area contributed by atoms with Crippen LogP contribution in [0.15, 0.2) is 24.3 Å². The van der Waals surface area contributed by atoms with E-state index >= 15 is 0 Å². The molecule has 7 nitrogen and oxygen atoms in total. The Bertz CT molecular complexity index is 960. The lowest BCUT2D eigenvalue weighted by atomic mass is 9.91. The van der Waals surface area contributed by atoms with E-state index in [-0.39, 0.29) is 6.54 Å². The van der Waals surface area contributed by atoms with Crippen LogP contribution in [0.25, 0.3) is 11.1 Å². The van der Waals surface area contributed by atoms with Crippen molar-refractivity contribution in [1.29, 1.82) is 0 Å². The highest BCUT2D eigenvalue weighted by atomic mass is 16.4. The Hall–Kier alpha value is -3.09. The number of benzene rings is 1. The van der Waals surface area contributed by atoms with Crippen molar-refractivity contribution >= 4 is 17.8 Å². The van der Waals surface area contributed by atoms with Gasteiger partial charge in [-0.2, -0.15) is 0 Å². The third-order valence-corrected chi connectivity index (χ3v) is 5.11. The van der Waals surface area contributed by atoms with Crippen LogP contribution in [0.3, 0.4) is 0 Å². The average Bonchev–Trinajstić information content (AvgIpc) is 2.61. The zero-order valence-electron chi connectivity index (χ0n) is 19.5. The summed E-state index contributed by atoms with van der Waals surface area (Å²) < 4.78 is 0. The zero-order chi connectivity index (χ0) is 23.5. The number of carbonyl (C=O) groups excluding carboxylic acids is 1. The minimum Gasteiger partial charge on any atom is -0.465 e. The highest BCUT2D eigenvalue weighted by Gasteiger charge is 2.30. The topological polar surface area (TPSA) is 109 Å². The maximum atomic E-state index is 12.1. The lowest BCUT2D eigenvalue weighted by Gasteiger charge is -2.35. The van der Waals surface area contributed by atoms with Gasteiger partial charge in [0.25, 0.3) is 0 Å². The molecule has 7 heteroatoms. The molecule has 0 aliphatic heterocycles. The molecule has 3 amide bonds. The van der Waals surface area contributed by atoms with Gasteiger partial charge in [-0.05, 0) is 52.5 Å². The standard InChI is InChI=1S/C24H34N4O3/c1-14(2)12-19-18(13-28(23(30)31)24(5,6)7)20(17-10-8-15(3)9-11-17)21(16(4)26-19)27-22(25)29/h8-11,14H,12-13H2,1-7H3,(H,30,31)(H3,25,27,29). The molecule has 4 N–H and O–H groups in total. The number of amides is 3. The second-order valence-electron chi connectivity index (χ2n) is 9.37. The highest BCUT2D eigenvalue weighted by Crippen LogP contribution is 2.38. The summed E-state index contributed by atoms with van der Waals surface area (Å²) >= 11 is 0. The summed E-state index contributed by atoms with van der Waals surface area (Å²) in [6, 6.07) is 7.24. The van der Waals surface area contributed by atoms with Crippen LogP contribution in [-0.2, 0) is 13.0 Å². The van der Waals surface area contributed by atoms with E-state index in [0.29, 0.717) is 23.7 Å². The van der Waals surface area contributed by atoms with E-state index in [4.69, 9.17) is 10.7 Å². The van der Waals surface area contributed by atoms with Gasteiger partial charge in [-0.15, -0.1) is 0 Å². The summed E-state index contributed by atoms with van der Waals surface area (Å²) in [6.45, 7) is 13.7. The molecule has 0 saturated heterocycles. The van der Waals surface area contributed by atoms with Crippen LogP contribution in [0, 0.1) is 19.8 Å². The Balaban J connectivity index is 2.88. The first kappa shape index (κ1) is 24.2. The summed E-state index contributed by atoms with van der Waals surface area (Å²) in [5.74, 6) is 0.319. The van der Waals surface area contributed by atoms with Gasteiger partial charge < -0.3 is 16.2 Å². The van der Waals surface area contributed by atoms with Gasteiger partial charge in [0.2, 0.25) is 0 Å². The van der Waals surface area contributed by atoms with Gasteiger partial charge in [-0.3, -0.25) is 9.88 Å². The predicted molar refractivity (Wildman–Crippen MR) is 124 cm³/mol. The number of primary amides is 1. The molecule has 0 aliphatic rings. The zero-order valence-corrected chi connectivity index (χ0v) is 19.5. The van der Waals surface area contributed by atoms with E-state index in [2.05, 4.69) is 19.2 Å². The number of carboxylic acid groups (broad SMARTS) is 1. The Morgan fingerprint density at radius 1 is 1.16 bits per heavy atom. The first-order valence-corrected chi connectivity index (χ1v) is 10.5. The summed E-state index contributed by atoms with van der Waals surface area (Å²) in [4.78, 5) is 30.1. The molecule has 0 unspecified atom stereocenters. The number of nitrogens with zero attached hydrogens (tertiary/aromatic N) is 2. The van der Waals surface area contributed by atoms with Gasteiger partial charge in [-0.1, -0.05) is 43.7 Å². The van der Waals surface area contributed by atoms with E-state index in [1.807, 2.05) is 58.9 Å². The molecule has 1 heterocycles. The normalized spacial score (nSPS) is 11.5. The molecule has 0 saturated carbocycles. The SMILES string of the molecule is Cc1ccc(-c2c(CN(C(=O)O)C(C)(C)C)c(CC(C)C)nc(C)c2NC(N)=O)cc1. The van der Waals surface area contributed by atoms with Gasteiger partial charge in [0.15, 0.2) is 0 Å². The molecule has 0 fully saturated rings. The number of urea groups is 1. The summed E-state index contributed by atoms with van der Waals surface area (Å²) in [5, 5.41) is 12.7. The molecule has 1 aromatic carbocycles. The average molecular weight is 427 g/mol. The molecule has 0 aliphatic carbocycles.